The summed E-state index contributed by atoms with van der Waals surface area (Å²) in [6.07, 6.45) is -0.0359. The van der Waals surface area contributed by atoms with E-state index in [0.29, 0.717) is 0 Å². The maximum Gasteiger partial charge on any atom is 0.309 e. The Kier molecular flexibility index (Phi) is 3.58. The molecule has 0 saturated carbocycles. The molecule has 1 nitrogen and oxygen atoms in total. The highest BCUT2D eigenvalue weighted by molar-refractivity contribution is 6.46. The molecule has 0 amide bonds. The van der Waals surface area contributed by atoms with Crippen LogP contribution < -0.4 is 5.46 Å². The minimum atomic E-state index is -1.45. The Morgan fingerprint density at radius 3 is 2.07 bits per heavy atom. The predicted molar refractivity (Wildman–Crippen MR) is 49.3 cm³/mol. The molecule has 0 bridgehead atoms. The molecule has 0 aromatic heterocycles. The number of benzene rings is 1. The van der Waals surface area contributed by atoms with E-state index in [4.69, 9.17) is 4.65 Å². The summed E-state index contributed by atoms with van der Waals surface area (Å²) in [6, 6.07) is 1.86. The molecule has 0 saturated heterocycles. The Hall–Kier alpha value is -0.965. The SMILES string of the molecule is CC(C)OBc1cc(F)c(F)c(F)c1. The Morgan fingerprint density at radius 1 is 1.14 bits per heavy atom. The fourth-order valence-corrected chi connectivity index (χ4v) is 0.954. The maximum absolute atomic E-state index is 12.7. The molecule has 14 heavy (non-hydrogen) atoms. The van der Waals surface area contributed by atoms with Crippen LogP contribution in [-0.4, -0.2) is 13.6 Å². The first-order chi connectivity index (χ1) is 6.50. The molecule has 76 valence electrons. The van der Waals surface area contributed by atoms with Gasteiger partial charge in [0.2, 0.25) is 0 Å². The van der Waals surface area contributed by atoms with Crippen molar-refractivity contribution in [3.8, 4) is 0 Å². The van der Waals surface area contributed by atoms with Crippen LogP contribution in [0.1, 0.15) is 13.8 Å². The predicted octanol–water partition coefficient (Wildman–Crippen LogP) is 1.51. The average Bonchev–Trinajstić information content (AvgIpc) is 2.10. The van der Waals surface area contributed by atoms with Gasteiger partial charge in [-0.15, -0.1) is 0 Å². The van der Waals surface area contributed by atoms with Crippen molar-refractivity contribution in [3.05, 3.63) is 29.6 Å². The van der Waals surface area contributed by atoms with Crippen molar-refractivity contribution in [2.75, 3.05) is 0 Å². The summed E-state index contributed by atoms with van der Waals surface area (Å²) in [5.41, 5.74) is 0.287. The zero-order valence-electron chi connectivity index (χ0n) is 7.98. The van der Waals surface area contributed by atoms with Gasteiger partial charge >= 0.3 is 7.48 Å². The molecule has 0 N–H and O–H groups in total. The summed E-state index contributed by atoms with van der Waals surface area (Å²) in [5.74, 6) is -3.82. The summed E-state index contributed by atoms with van der Waals surface area (Å²) in [6.45, 7) is 3.60. The molecule has 5 heteroatoms. The molecular formula is C9H10BF3O. The lowest BCUT2D eigenvalue weighted by atomic mass is 9.87. The maximum atomic E-state index is 12.7. The molecule has 0 aliphatic rings. The van der Waals surface area contributed by atoms with Crippen LogP contribution in [0, 0.1) is 17.5 Å². The fraction of sp³-hybridized carbons (Fsp3) is 0.333. The van der Waals surface area contributed by atoms with Crippen molar-refractivity contribution in [1.82, 2.24) is 0 Å². The van der Waals surface area contributed by atoms with E-state index in [1.165, 1.54) is 0 Å². The van der Waals surface area contributed by atoms with Crippen LogP contribution in [0.4, 0.5) is 13.2 Å². The van der Waals surface area contributed by atoms with E-state index in [9.17, 15) is 13.2 Å². The standard InChI is InChI=1S/C9H10BF3O/c1-5(2)14-10-6-3-7(11)9(13)8(12)4-6/h3-5,10H,1-2H3. The van der Waals surface area contributed by atoms with Crippen molar-refractivity contribution in [1.29, 1.82) is 0 Å². The van der Waals surface area contributed by atoms with Crippen LogP contribution >= 0.6 is 0 Å². The van der Waals surface area contributed by atoms with Crippen molar-refractivity contribution < 1.29 is 17.8 Å². The van der Waals surface area contributed by atoms with Gasteiger partial charge < -0.3 is 4.65 Å². The van der Waals surface area contributed by atoms with Crippen LogP contribution in [0.2, 0.25) is 0 Å². The van der Waals surface area contributed by atoms with Crippen molar-refractivity contribution >= 4 is 12.9 Å². The second-order valence-electron chi connectivity index (χ2n) is 3.23. The van der Waals surface area contributed by atoms with Crippen LogP contribution in [0.15, 0.2) is 12.1 Å². The van der Waals surface area contributed by atoms with Gasteiger partial charge in [0, 0.05) is 6.10 Å². The zero-order valence-corrected chi connectivity index (χ0v) is 7.98. The van der Waals surface area contributed by atoms with Crippen LogP contribution in [0.3, 0.4) is 0 Å². The minimum absolute atomic E-state index is 0.0359. The van der Waals surface area contributed by atoms with Crippen LogP contribution in [-0.2, 0) is 4.65 Å². The lowest BCUT2D eigenvalue weighted by molar-refractivity contribution is 0.260. The van der Waals surface area contributed by atoms with E-state index in [2.05, 4.69) is 0 Å². The van der Waals surface area contributed by atoms with Crippen LogP contribution in [0.25, 0.3) is 0 Å². The number of hydrogen-bond donors (Lipinski definition) is 0. The lowest BCUT2D eigenvalue weighted by Crippen LogP contribution is -2.22. The van der Waals surface area contributed by atoms with Gasteiger partial charge in [-0.2, -0.15) is 0 Å². The molecule has 0 aliphatic heterocycles. The monoisotopic (exact) mass is 202 g/mol. The third-order valence-corrected chi connectivity index (χ3v) is 1.63. The Balaban J connectivity index is 2.79. The minimum Gasteiger partial charge on any atom is -0.432 e. The third-order valence-electron chi connectivity index (χ3n) is 1.63. The van der Waals surface area contributed by atoms with E-state index < -0.39 is 17.5 Å². The first-order valence-electron chi connectivity index (χ1n) is 4.25. The summed E-state index contributed by atoms with van der Waals surface area (Å²) in [5, 5.41) is 0. The van der Waals surface area contributed by atoms with Gasteiger partial charge in [0.15, 0.2) is 17.5 Å². The van der Waals surface area contributed by atoms with Crippen molar-refractivity contribution in [2.24, 2.45) is 0 Å². The zero-order chi connectivity index (χ0) is 10.7. The highest BCUT2D eigenvalue weighted by atomic mass is 19.2. The number of rotatable bonds is 3. The summed E-state index contributed by atoms with van der Waals surface area (Å²) in [4.78, 5) is 0. The van der Waals surface area contributed by atoms with Gasteiger partial charge in [0.1, 0.15) is 0 Å². The van der Waals surface area contributed by atoms with Crippen LogP contribution in [0.5, 0.6) is 0 Å². The molecule has 0 radical (unpaired) electrons. The molecule has 0 spiro atoms. The van der Waals surface area contributed by atoms with Crippen molar-refractivity contribution in [2.45, 2.75) is 20.0 Å². The summed E-state index contributed by atoms with van der Waals surface area (Å²) < 4.78 is 43.0. The van der Waals surface area contributed by atoms with E-state index in [1.807, 2.05) is 0 Å². The molecular weight excluding hydrogens is 192 g/mol. The molecule has 0 heterocycles. The highest BCUT2D eigenvalue weighted by Gasteiger charge is 2.11. The smallest absolute Gasteiger partial charge is 0.309 e. The lowest BCUT2D eigenvalue weighted by Gasteiger charge is -2.06. The van der Waals surface area contributed by atoms with Crippen molar-refractivity contribution in [3.63, 3.8) is 0 Å². The summed E-state index contributed by atoms with van der Waals surface area (Å²) >= 11 is 0. The molecule has 1 rings (SSSR count). The van der Waals surface area contributed by atoms with E-state index in [-0.39, 0.29) is 19.0 Å². The average molecular weight is 202 g/mol. The third kappa shape index (κ3) is 2.77. The molecule has 1 aromatic rings. The normalized spacial score (nSPS) is 10.7. The molecule has 0 fully saturated rings. The van der Waals surface area contributed by atoms with E-state index in [0.717, 1.165) is 12.1 Å². The number of halogens is 3. The van der Waals surface area contributed by atoms with Gasteiger partial charge in [0.25, 0.3) is 0 Å². The molecule has 0 atom stereocenters. The summed E-state index contributed by atoms with van der Waals surface area (Å²) in [7, 11) is 0.0752. The first-order valence-corrected chi connectivity index (χ1v) is 4.25. The van der Waals surface area contributed by atoms with Gasteiger partial charge in [-0.1, -0.05) is 0 Å². The Labute approximate surface area is 81.2 Å². The van der Waals surface area contributed by atoms with Gasteiger partial charge in [-0.25, -0.2) is 13.2 Å². The van der Waals surface area contributed by atoms with E-state index in [1.54, 1.807) is 13.8 Å². The molecule has 0 unspecified atom stereocenters. The molecule has 1 aromatic carbocycles. The van der Waals surface area contributed by atoms with Gasteiger partial charge in [0.05, 0.1) is 0 Å². The second kappa shape index (κ2) is 4.51. The first kappa shape index (κ1) is 11.1. The fourth-order valence-electron chi connectivity index (χ4n) is 0.954. The Bertz CT molecular complexity index is 305. The van der Waals surface area contributed by atoms with E-state index >= 15 is 0 Å². The largest absolute Gasteiger partial charge is 0.432 e. The number of hydrogen-bond acceptors (Lipinski definition) is 1. The Morgan fingerprint density at radius 2 is 1.64 bits per heavy atom. The quantitative estimate of drug-likeness (QED) is 0.533. The van der Waals surface area contributed by atoms with Gasteiger partial charge in [-0.3, -0.25) is 0 Å². The second-order valence-corrected chi connectivity index (χ2v) is 3.23. The molecule has 0 aliphatic carbocycles. The topological polar surface area (TPSA) is 9.23 Å². The van der Waals surface area contributed by atoms with Gasteiger partial charge in [-0.05, 0) is 31.4 Å². The highest BCUT2D eigenvalue weighted by Crippen LogP contribution is 2.07.